The van der Waals surface area contributed by atoms with Gasteiger partial charge in [-0.05, 0) is 24.6 Å². The van der Waals surface area contributed by atoms with E-state index in [1.54, 1.807) is 24.3 Å². The highest BCUT2D eigenvalue weighted by Crippen LogP contribution is 2.30. The van der Waals surface area contributed by atoms with Crippen LogP contribution in [0, 0.1) is 0 Å². The number of alkyl halides is 3. The van der Waals surface area contributed by atoms with Crippen LogP contribution in [0.2, 0.25) is 5.02 Å². The number of pyridine rings is 1. The quantitative estimate of drug-likeness (QED) is 0.725. The van der Waals surface area contributed by atoms with Crippen molar-refractivity contribution in [3.8, 4) is 11.5 Å². The normalized spacial score (nSPS) is 11.3. The second kappa shape index (κ2) is 8.34. The number of rotatable bonds is 6. The van der Waals surface area contributed by atoms with Crippen LogP contribution in [-0.4, -0.2) is 28.7 Å². The average molecular weight is 405 g/mol. The van der Waals surface area contributed by atoms with E-state index < -0.39 is 34.6 Å². The molecule has 0 aliphatic carbocycles. The molecule has 1 aromatic carbocycles. The molecule has 0 saturated carbocycles. The van der Waals surface area contributed by atoms with Crippen LogP contribution < -0.4 is 15.6 Å². The second-order valence-electron chi connectivity index (χ2n) is 5.54. The Morgan fingerprint density at radius 2 is 2.00 bits per heavy atom. The maximum Gasteiger partial charge on any atom is 0.431 e. The Morgan fingerprint density at radius 1 is 1.33 bits per heavy atom. The molecule has 1 amide bonds. The number of nitrogens with one attached hydrogen (secondary N) is 1. The minimum atomic E-state index is -4.85. The Balaban J connectivity index is 1.99. The molecule has 10 heteroatoms. The molecule has 0 fully saturated rings. The first kappa shape index (κ1) is 20.6. The summed E-state index contributed by atoms with van der Waals surface area (Å²) < 4.78 is 44.5. The van der Waals surface area contributed by atoms with Crippen molar-refractivity contribution in [2.45, 2.75) is 12.6 Å². The molecular formula is C17H16ClF3N2O4. The molecule has 0 saturated heterocycles. The summed E-state index contributed by atoms with van der Waals surface area (Å²) in [5.74, 6) is -1.58. The predicted octanol–water partition coefficient (Wildman–Crippen LogP) is 2.96. The number of ether oxygens (including phenoxy) is 1. The smallest absolute Gasteiger partial charge is 0.431 e. The van der Waals surface area contributed by atoms with E-state index in [-0.39, 0.29) is 17.7 Å². The van der Waals surface area contributed by atoms with Gasteiger partial charge in [-0.1, -0.05) is 23.7 Å². The molecule has 0 unspecified atom stereocenters. The number of nitrogens with zero attached hydrogens (tertiary/aromatic N) is 1. The number of benzene rings is 1. The van der Waals surface area contributed by atoms with Crippen molar-refractivity contribution in [1.82, 2.24) is 9.88 Å². The van der Waals surface area contributed by atoms with Crippen LogP contribution in [0.25, 0.3) is 0 Å². The van der Waals surface area contributed by atoms with Crippen molar-refractivity contribution >= 4 is 17.5 Å². The van der Waals surface area contributed by atoms with E-state index in [0.29, 0.717) is 23.3 Å². The Hall–Kier alpha value is -2.68. The largest absolute Gasteiger partial charge is 0.502 e. The summed E-state index contributed by atoms with van der Waals surface area (Å²) in [5.41, 5.74) is -3.38. The Morgan fingerprint density at radius 3 is 2.63 bits per heavy atom. The van der Waals surface area contributed by atoms with Crippen LogP contribution in [0.3, 0.4) is 0 Å². The standard InChI is InChI=1S/C17H16ClF3N2O4/c1-23-13(17(19,20)21)9-10(14(24)16(23)26)15(25)22-7-4-8-27-12-6-3-2-5-11(12)18/h2-3,5-6,9,24H,4,7-8H2,1H3,(H,22,25). The van der Waals surface area contributed by atoms with E-state index in [9.17, 15) is 27.9 Å². The highest BCUT2D eigenvalue weighted by atomic mass is 35.5. The number of aromatic hydroxyl groups is 1. The molecule has 2 N–H and O–H groups in total. The van der Waals surface area contributed by atoms with E-state index in [2.05, 4.69) is 5.32 Å². The zero-order chi connectivity index (χ0) is 20.2. The molecule has 0 spiro atoms. The van der Waals surface area contributed by atoms with Crippen LogP contribution >= 0.6 is 11.6 Å². The summed E-state index contributed by atoms with van der Waals surface area (Å²) in [6.45, 7) is 0.250. The lowest BCUT2D eigenvalue weighted by Gasteiger charge is -2.14. The highest BCUT2D eigenvalue weighted by Gasteiger charge is 2.36. The molecule has 6 nitrogen and oxygen atoms in total. The van der Waals surface area contributed by atoms with Gasteiger partial charge in [0.15, 0.2) is 5.75 Å². The van der Waals surface area contributed by atoms with Gasteiger partial charge in [-0.3, -0.25) is 9.59 Å². The molecule has 1 aromatic heterocycles. The van der Waals surface area contributed by atoms with Crippen LogP contribution in [0.1, 0.15) is 22.5 Å². The lowest BCUT2D eigenvalue weighted by atomic mass is 10.1. The Labute approximate surface area is 157 Å². The molecule has 0 aliphatic rings. The van der Waals surface area contributed by atoms with Gasteiger partial charge in [0.1, 0.15) is 11.4 Å². The van der Waals surface area contributed by atoms with E-state index in [4.69, 9.17) is 16.3 Å². The minimum absolute atomic E-state index is 0.0548. The monoisotopic (exact) mass is 404 g/mol. The first-order chi connectivity index (χ1) is 12.6. The number of carbonyl (C=O) groups excluding carboxylic acids is 1. The Bertz CT molecular complexity index is 897. The van der Waals surface area contributed by atoms with Crippen molar-refractivity contribution in [3.63, 3.8) is 0 Å². The summed E-state index contributed by atoms with van der Waals surface area (Å²) in [6.07, 6.45) is -4.52. The fourth-order valence-electron chi connectivity index (χ4n) is 2.24. The average Bonchev–Trinajstić information content (AvgIpc) is 2.59. The fourth-order valence-corrected chi connectivity index (χ4v) is 2.43. The molecule has 0 aliphatic heterocycles. The van der Waals surface area contributed by atoms with Gasteiger partial charge in [-0.25, -0.2) is 0 Å². The lowest BCUT2D eigenvalue weighted by Crippen LogP contribution is -2.31. The number of amides is 1. The van der Waals surface area contributed by atoms with Crippen molar-refractivity contribution in [2.75, 3.05) is 13.2 Å². The minimum Gasteiger partial charge on any atom is -0.502 e. The molecule has 0 radical (unpaired) electrons. The number of halogens is 4. The van der Waals surface area contributed by atoms with Gasteiger partial charge in [-0.2, -0.15) is 13.2 Å². The van der Waals surface area contributed by atoms with Crippen molar-refractivity contribution in [1.29, 1.82) is 0 Å². The third-order valence-electron chi connectivity index (χ3n) is 3.64. The van der Waals surface area contributed by atoms with Gasteiger partial charge in [0.25, 0.3) is 11.5 Å². The zero-order valence-electron chi connectivity index (χ0n) is 14.1. The lowest BCUT2D eigenvalue weighted by molar-refractivity contribution is -0.143. The number of aromatic nitrogens is 1. The molecule has 146 valence electrons. The molecule has 0 atom stereocenters. The van der Waals surface area contributed by atoms with Crippen molar-refractivity contribution in [3.05, 3.63) is 57.0 Å². The number of hydrogen-bond donors (Lipinski definition) is 2. The fraction of sp³-hybridized carbons (Fsp3) is 0.294. The van der Waals surface area contributed by atoms with Crippen LogP contribution in [-0.2, 0) is 13.2 Å². The number of para-hydroxylation sites is 1. The molecule has 0 bridgehead atoms. The SMILES string of the molecule is Cn1c(C(F)(F)F)cc(C(=O)NCCCOc2ccccc2Cl)c(O)c1=O. The molecule has 2 rings (SSSR count). The van der Waals surface area contributed by atoms with E-state index in [0.717, 1.165) is 7.05 Å². The van der Waals surface area contributed by atoms with Gasteiger partial charge in [-0.15, -0.1) is 0 Å². The topological polar surface area (TPSA) is 80.6 Å². The molecule has 1 heterocycles. The van der Waals surface area contributed by atoms with Gasteiger partial charge in [0.05, 0.1) is 17.2 Å². The summed E-state index contributed by atoms with van der Waals surface area (Å²) in [7, 11) is 0.860. The maximum atomic E-state index is 12.9. The zero-order valence-corrected chi connectivity index (χ0v) is 14.9. The van der Waals surface area contributed by atoms with Gasteiger partial charge in [0.2, 0.25) is 0 Å². The number of carbonyl (C=O) groups is 1. The first-order valence-electron chi connectivity index (χ1n) is 7.78. The van der Waals surface area contributed by atoms with Crippen LogP contribution in [0.15, 0.2) is 35.1 Å². The number of hydrogen-bond acceptors (Lipinski definition) is 4. The predicted molar refractivity (Wildman–Crippen MR) is 92.2 cm³/mol. The highest BCUT2D eigenvalue weighted by molar-refractivity contribution is 6.32. The summed E-state index contributed by atoms with van der Waals surface area (Å²) in [4.78, 5) is 23.8. The Kier molecular flexibility index (Phi) is 6.37. The van der Waals surface area contributed by atoms with Gasteiger partial charge < -0.3 is 19.7 Å². The third-order valence-corrected chi connectivity index (χ3v) is 3.95. The van der Waals surface area contributed by atoms with Gasteiger partial charge >= 0.3 is 6.18 Å². The molecule has 27 heavy (non-hydrogen) atoms. The van der Waals surface area contributed by atoms with Crippen molar-refractivity contribution in [2.24, 2.45) is 7.05 Å². The third kappa shape index (κ3) is 4.94. The van der Waals surface area contributed by atoms with E-state index >= 15 is 0 Å². The van der Waals surface area contributed by atoms with Gasteiger partial charge in [0, 0.05) is 13.6 Å². The van der Waals surface area contributed by atoms with Crippen LogP contribution in [0.4, 0.5) is 13.2 Å². The maximum absolute atomic E-state index is 12.9. The van der Waals surface area contributed by atoms with E-state index in [1.807, 2.05) is 0 Å². The summed E-state index contributed by atoms with van der Waals surface area (Å²) in [5, 5.41) is 12.5. The van der Waals surface area contributed by atoms with Crippen LogP contribution in [0.5, 0.6) is 11.5 Å². The van der Waals surface area contributed by atoms with E-state index in [1.165, 1.54) is 0 Å². The first-order valence-corrected chi connectivity index (χ1v) is 8.16. The molecule has 2 aromatic rings. The summed E-state index contributed by atoms with van der Waals surface area (Å²) >= 11 is 5.92. The second-order valence-corrected chi connectivity index (χ2v) is 5.95. The van der Waals surface area contributed by atoms with Crippen molar-refractivity contribution < 1.29 is 27.8 Å². The summed E-state index contributed by atoms with van der Waals surface area (Å²) in [6, 6.07) is 7.22. The molecular weight excluding hydrogens is 389 g/mol.